The smallest absolute Gasteiger partial charge is 0.252 e. The second-order valence-corrected chi connectivity index (χ2v) is 18.3. The van der Waals surface area contributed by atoms with Crippen LogP contribution in [-0.4, -0.2) is 20.4 Å². The van der Waals surface area contributed by atoms with Gasteiger partial charge in [-0.2, -0.15) is 0 Å². The predicted octanol–water partition coefficient (Wildman–Crippen LogP) is 13.2. The maximum absolute atomic E-state index is 2.67. The molecule has 0 spiro atoms. The summed E-state index contributed by atoms with van der Waals surface area (Å²) in [7, 11) is 0. The van der Waals surface area contributed by atoms with Crippen LogP contribution in [-0.2, 0) is 0 Å². The number of para-hydroxylation sites is 2. The Balaban J connectivity index is 1.12. The zero-order valence-electron chi connectivity index (χ0n) is 34.4. The summed E-state index contributed by atoms with van der Waals surface area (Å²) in [5.41, 5.74) is 20.6. The zero-order chi connectivity index (χ0) is 41.1. The maximum Gasteiger partial charge on any atom is 0.252 e. The minimum Gasteiger partial charge on any atom is -0.310 e. The Labute approximate surface area is 366 Å². The Kier molecular flexibility index (Phi) is 5.56. The Bertz CT molecular complexity index is 4560. The lowest BCUT2D eigenvalue weighted by molar-refractivity contribution is 1.10. The lowest BCUT2D eigenvalue weighted by Crippen LogP contribution is -2.59. The van der Waals surface area contributed by atoms with Crippen LogP contribution in [0.25, 0.3) is 137 Å². The molecule has 14 aromatic rings. The summed E-state index contributed by atoms with van der Waals surface area (Å²) in [6, 6.07) is 73.9. The summed E-state index contributed by atoms with van der Waals surface area (Å²) in [6.45, 7) is 0.0306. The molecular formula is C60H32BN3. The molecule has 0 unspecified atom stereocenters. The SMILES string of the molecule is c1ccc2c(c1)-c1cccc3ccc4c(c13)c1c-2ccc2c1n4-c1cc(-n3c4ccccc4c4c5ccccc5ccc43)cc3c1B2c1cccc2c4c5ccccc5ccc4n-3c12. The average molecular weight is 806 g/mol. The first kappa shape index (κ1) is 32.4. The van der Waals surface area contributed by atoms with E-state index in [1.165, 1.54) is 148 Å². The molecule has 0 saturated carbocycles. The molecule has 290 valence electrons. The fourth-order valence-electron chi connectivity index (χ4n) is 13.2. The van der Waals surface area contributed by atoms with Crippen molar-refractivity contribution >= 4 is 121 Å². The molecule has 3 aliphatic rings. The highest BCUT2D eigenvalue weighted by Gasteiger charge is 2.42. The molecule has 1 aliphatic carbocycles. The molecule has 0 fully saturated rings. The number of hydrogen-bond donors (Lipinski definition) is 0. The molecule has 11 aromatic carbocycles. The first-order valence-corrected chi connectivity index (χ1v) is 22.5. The summed E-state index contributed by atoms with van der Waals surface area (Å²) in [5.74, 6) is 0. The molecule has 5 heterocycles. The van der Waals surface area contributed by atoms with Crippen molar-refractivity contribution in [1.82, 2.24) is 13.7 Å². The van der Waals surface area contributed by atoms with E-state index in [1.807, 2.05) is 0 Å². The van der Waals surface area contributed by atoms with E-state index in [0.29, 0.717) is 0 Å². The minimum atomic E-state index is 0.0306. The van der Waals surface area contributed by atoms with Crippen molar-refractivity contribution in [2.24, 2.45) is 0 Å². The predicted molar refractivity (Wildman–Crippen MR) is 271 cm³/mol. The van der Waals surface area contributed by atoms with Gasteiger partial charge in [0, 0.05) is 49.2 Å². The van der Waals surface area contributed by atoms with Gasteiger partial charge in [-0.25, -0.2) is 0 Å². The van der Waals surface area contributed by atoms with Gasteiger partial charge in [-0.15, -0.1) is 0 Å². The number of benzene rings is 11. The topological polar surface area (TPSA) is 14.8 Å². The van der Waals surface area contributed by atoms with Crippen molar-refractivity contribution in [3.05, 3.63) is 194 Å². The summed E-state index contributed by atoms with van der Waals surface area (Å²) in [4.78, 5) is 0. The van der Waals surface area contributed by atoms with Gasteiger partial charge in [0.25, 0.3) is 6.71 Å². The molecular weight excluding hydrogens is 773 g/mol. The maximum atomic E-state index is 2.67. The fourth-order valence-corrected chi connectivity index (χ4v) is 13.2. The standard InChI is InChI=1S/C60H32BN3/c1-3-14-37-33(11-1)23-28-48-54(37)43-18-7-8-22-47(43)62(48)36-31-51-58-52(32-36)64-50-30-25-35-13-9-19-41-39-16-5-6-17-40(39)42-26-27-46(60(64)56(42)57(50)53(35)41)61(58)45-21-10-20-44-55-38-15-4-2-12-34(38)24-29-49(55)63(51)59(44)45/h1-32H. The summed E-state index contributed by atoms with van der Waals surface area (Å²) in [5, 5.41) is 15.7. The molecule has 0 amide bonds. The Morgan fingerprint density at radius 3 is 1.59 bits per heavy atom. The largest absolute Gasteiger partial charge is 0.310 e. The molecule has 0 atom stereocenters. The van der Waals surface area contributed by atoms with E-state index in [1.54, 1.807) is 0 Å². The van der Waals surface area contributed by atoms with E-state index in [4.69, 9.17) is 0 Å². The number of nitrogens with zero attached hydrogens (tertiary/aromatic N) is 3. The Hall–Kier alpha value is -8.34. The zero-order valence-corrected chi connectivity index (χ0v) is 34.4. The summed E-state index contributed by atoms with van der Waals surface area (Å²) in [6.07, 6.45) is 0. The van der Waals surface area contributed by atoms with Crippen LogP contribution in [0.4, 0.5) is 0 Å². The third-order valence-corrected chi connectivity index (χ3v) is 15.5. The van der Waals surface area contributed by atoms with E-state index in [0.717, 1.165) is 5.69 Å². The second kappa shape index (κ2) is 11.0. The first-order valence-electron chi connectivity index (χ1n) is 22.5. The molecule has 0 N–H and O–H groups in total. The van der Waals surface area contributed by atoms with Crippen molar-refractivity contribution < 1.29 is 0 Å². The highest BCUT2D eigenvalue weighted by molar-refractivity contribution is 7.00. The van der Waals surface area contributed by atoms with Gasteiger partial charge in [-0.3, -0.25) is 0 Å². The van der Waals surface area contributed by atoms with Crippen LogP contribution >= 0.6 is 0 Å². The molecule has 4 heteroatoms. The normalized spacial score (nSPS) is 13.3. The van der Waals surface area contributed by atoms with Crippen molar-refractivity contribution in [1.29, 1.82) is 0 Å². The van der Waals surface area contributed by atoms with Gasteiger partial charge in [-0.05, 0) is 107 Å². The van der Waals surface area contributed by atoms with Gasteiger partial charge in [0.2, 0.25) is 0 Å². The fraction of sp³-hybridized carbons (Fsp3) is 0. The number of hydrogen-bond acceptors (Lipinski definition) is 0. The lowest BCUT2D eigenvalue weighted by Gasteiger charge is -2.34. The molecule has 2 aliphatic heterocycles. The Morgan fingerprint density at radius 2 is 0.828 bits per heavy atom. The molecule has 3 nitrogen and oxygen atoms in total. The number of rotatable bonds is 1. The molecule has 17 rings (SSSR count). The van der Waals surface area contributed by atoms with Crippen LogP contribution < -0.4 is 16.4 Å². The van der Waals surface area contributed by atoms with Gasteiger partial charge in [0.1, 0.15) is 0 Å². The van der Waals surface area contributed by atoms with E-state index in [-0.39, 0.29) is 6.71 Å². The van der Waals surface area contributed by atoms with Crippen LogP contribution in [0.15, 0.2) is 194 Å². The van der Waals surface area contributed by atoms with Crippen molar-refractivity contribution in [2.75, 3.05) is 0 Å². The minimum absolute atomic E-state index is 0.0306. The van der Waals surface area contributed by atoms with Gasteiger partial charge in [0.05, 0.1) is 33.3 Å². The van der Waals surface area contributed by atoms with E-state index < -0.39 is 0 Å². The molecule has 64 heavy (non-hydrogen) atoms. The third-order valence-electron chi connectivity index (χ3n) is 15.5. The molecule has 0 saturated heterocycles. The van der Waals surface area contributed by atoms with Gasteiger partial charge in [0.15, 0.2) is 0 Å². The highest BCUT2D eigenvalue weighted by atomic mass is 15.1. The first-order chi connectivity index (χ1) is 31.8. The van der Waals surface area contributed by atoms with E-state index in [2.05, 4.69) is 208 Å². The van der Waals surface area contributed by atoms with Crippen molar-refractivity contribution in [3.63, 3.8) is 0 Å². The van der Waals surface area contributed by atoms with Crippen molar-refractivity contribution in [2.45, 2.75) is 0 Å². The van der Waals surface area contributed by atoms with Crippen molar-refractivity contribution in [3.8, 4) is 39.3 Å². The second-order valence-electron chi connectivity index (χ2n) is 18.3. The molecule has 0 bridgehead atoms. The van der Waals surface area contributed by atoms with Crippen LogP contribution in [0.3, 0.4) is 0 Å². The third kappa shape index (κ3) is 3.59. The van der Waals surface area contributed by atoms with Gasteiger partial charge in [-0.1, -0.05) is 158 Å². The van der Waals surface area contributed by atoms with Gasteiger partial charge < -0.3 is 13.7 Å². The van der Waals surface area contributed by atoms with Gasteiger partial charge >= 0.3 is 0 Å². The quantitative estimate of drug-likeness (QED) is 0.147. The molecule has 0 radical (unpaired) electrons. The number of fused-ring (bicyclic) bond motifs is 18. The van der Waals surface area contributed by atoms with Crippen LogP contribution in [0.5, 0.6) is 0 Å². The van der Waals surface area contributed by atoms with Crippen LogP contribution in [0.2, 0.25) is 0 Å². The molecule has 3 aromatic heterocycles. The van der Waals surface area contributed by atoms with E-state index >= 15 is 0 Å². The number of aromatic nitrogens is 3. The monoisotopic (exact) mass is 805 g/mol. The average Bonchev–Trinajstić information content (AvgIpc) is 3.98. The van der Waals surface area contributed by atoms with E-state index in [9.17, 15) is 0 Å². The lowest BCUT2D eigenvalue weighted by atomic mass is 9.34. The summed E-state index contributed by atoms with van der Waals surface area (Å²) >= 11 is 0. The summed E-state index contributed by atoms with van der Waals surface area (Å²) < 4.78 is 7.84. The highest BCUT2D eigenvalue weighted by Crippen LogP contribution is 2.51. The van der Waals surface area contributed by atoms with Crippen LogP contribution in [0.1, 0.15) is 0 Å². The Morgan fingerprint density at radius 1 is 0.297 bits per heavy atom. The van der Waals surface area contributed by atoms with Crippen LogP contribution in [0, 0.1) is 0 Å².